The van der Waals surface area contributed by atoms with E-state index in [0.29, 0.717) is 0 Å². The molecule has 0 saturated carbocycles. The molecule has 0 amide bonds. The maximum absolute atomic E-state index is 5.74. The van der Waals surface area contributed by atoms with Crippen LogP contribution in [0.5, 0.6) is 0 Å². The standard InChI is InChI=1S/C7H18OSi2.Zr/c1-9-7-5-6-8-10(2,3)4;/h5-7H2,1-4H3;/q;+2. The van der Waals surface area contributed by atoms with Crippen LogP contribution < -0.4 is 0 Å². The van der Waals surface area contributed by atoms with Gasteiger partial charge in [0.1, 0.15) is 0 Å². The second-order valence-corrected chi connectivity index (χ2v) is 16.7. The van der Waals surface area contributed by atoms with E-state index in [2.05, 4.69) is 26.2 Å². The topological polar surface area (TPSA) is 9.23 Å². The van der Waals surface area contributed by atoms with Gasteiger partial charge in [-0.3, -0.25) is 0 Å². The fraction of sp³-hybridized carbons (Fsp3) is 1.00. The van der Waals surface area contributed by atoms with E-state index in [1.807, 2.05) is 0 Å². The third-order valence-corrected chi connectivity index (χ3v) is 5.25. The summed E-state index contributed by atoms with van der Waals surface area (Å²) in [5, 5.41) is 0. The first-order chi connectivity index (χ1) is 4.92. The predicted molar refractivity (Wildman–Crippen MR) is 50.3 cm³/mol. The SMILES string of the molecule is C[Si](=[Zr+2])CCCO[Si](C)(C)C. The van der Waals surface area contributed by atoms with Crippen LogP contribution in [0.3, 0.4) is 0 Å². The van der Waals surface area contributed by atoms with Crippen LogP contribution >= 0.6 is 0 Å². The molecular formula is C7H18OSi2Zr+2. The van der Waals surface area contributed by atoms with Crippen LogP contribution in [-0.4, -0.2) is 20.4 Å². The van der Waals surface area contributed by atoms with Gasteiger partial charge in [-0.1, -0.05) is 0 Å². The summed E-state index contributed by atoms with van der Waals surface area (Å²) in [5.74, 6) is 0. The monoisotopic (exact) mass is 264 g/mol. The molecule has 0 radical (unpaired) electrons. The van der Waals surface area contributed by atoms with Gasteiger partial charge in [0, 0.05) is 0 Å². The second-order valence-electron chi connectivity index (χ2n) is 3.84. The Morgan fingerprint density at radius 1 is 1.36 bits per heavy atom. The Morgan fingerprint density at radius 2 is 1.91 bits per heavy atom. The zero-order chi connectivity index (χ0) is 8.91. The fourth-order valence-corrected chi connectivity index (χ4v) is 3.45. The van der Waals surface area contributed by atoms with E-state index in [1.54, 1.807) is 23.3 Å². The van der Waals surface area contributed by atoms with Crippen LogP contribution in [0.2, 0.25) is 32.2 Å². The van der Waals surface area contributed by atoms with Gasteiger partial charge in [-0.05, 0) is 0 Å². The Bertz CT molecular complexity index is 131. The molecule has 0 bridgehead atoms. The minimum atomic E-state index is -1.21. The van der Waals surface area contributed by atoms with Crippen LogP contribution in [0.25, 0.3) is 0 Å². The first-order valence-electron chi connectivity index (χ1n) is 4.10. The molecule has 0 fully saturated rings. The van der Waals surface area contributed by atoms with Crippen molar-refractivity contribution in [2.24, 2.45) is 0 Å². The van der Waals surface area contributed by atoms with Crippen molar-refractivity contribution < 1.29 is 27.8 Å². The van der Waals surface area contributed by atoms with Crippen LogP contribution in [0.1, 0.15) is 6.42 Å². The average Bonchev–Trinajstić information content (AvgIpc) is 1.78. The van der Waals surface area contributed by atoms with Gasteiger partial charge in [0.25, 0.3) is 0 Å². The number of hydrogen-bond acceptors (Lipinski definition) is 1. The van der Waals surface area contributed by atoms with E-state index in [0.717, 1.165) is 6.61 Å². The molecule has 0 heterocycles. The molecule has 0 aromatic carbocycles. The molecule has 0 aliphatic rings. The van der Waals surface area contributed by atoms with Crippen molar-refractivity contribution in [1.82, 2.24) is 0 Å². The molecule has 0 rings (SSSR count). The molecule has 4 heteroatoms. The normalized spacial score (nSPS) is 11.8. The molecule has 0 aromatic heterocycles. The Kier molecular flexibility index (Phi) is 6.52. The third kappa shape index (κ3) is 11.3. The van der Waals surface area contributed by atoms with Gasteiger partial charge in [0.2, 0.25) is 0 Å². The summed E-state index contributed by atoms with van der Waals surface area (Å²) in [6.45, 7) is 10.2. The minimum absolute atomic E-state index is 0.0734. The second kappa shape index (κ2) is 5.84. The first kappa shape index (κ1) is 12.3. The molecule has 0 saturated heterocycles. The van der Waals surface area contributed by atoms with Crippen molar-refractivity contribution in [2.75, 3.05) is 6.61 Å². The van der Waals surface area contributed by atoms with Crippen molar-refractivity contribution in [3.63, 3.8) is 0 Å². The zero-order valence-corrected chi connectivity index (χ0v) is 12.5. The predicted octanol–water partition coefficient (Wildman–Crippen LogP) is 2.40. The van der Waals surface area contributed by atoms with Crippen LogP contribution in [0.4, 0.5) is 0 Å². The van der Waals surface area contributed by atoms with E-state index in [4.69, 9.17) is 4.43 Å². The molecule has 0 aromatic rings. The van der Waals surface area contributed by atoms with Gasteiger partial charge in [0.05, 0.1) is 0 Å². The quantitative estimate of drug-likeness (QED) is 0.548. The van der Waals surface area contributed by atoms with E-state index in [9.17, 15) is 0 Å². The van der Waals surface area contributed by atoms with E-state index < -0.39 is 8.32 Å². The summed E-state index contributed by atoms with van der Waals surface area (Å²) >= 11 is 1.76. The molecule has 0 spiro atoms. The van der Waals surface area contributed by atoms with E-state index in [1.165, 1.54) is 12.5 Å². The first-order valence-corrected chi connectivity index (χ1v) is 13.4. The number of rotatable bonds is 5. The van der Waals surface area contributed by atoms with Gasteiger partial charge < -0.3 is 0 Å². The van der Waals surface area contributed by atoms with E-state index >= 15 is 0 Å². The van der Waals surface area contributed by atoms with Gasteiger partial charge in [-0.15, -0.1) is 0 Å². The molecule has 1 nitrogen and oxygen atoms in total. The summed E-state index contributed by atoms with van der Waals surface area (Å²) in [5.41, 5.74) is 0.0734. The summed E-state index contributed by atoms with van der Waals surface area (Å²) < 4.78 is 5.74. The van der Waals surface area contributed by atoms with Crippen molar-refractivity contribution in [1.29, 1.82) is 0 Å². The number of hydrogen-bond donors (Lipinski definition) is 0. The molecule has 11 heavy (non-hydrogen) atoms. The Hall–Kier alpha value is 1.28. The summed E-state index contributed by atoms with van der Waals surface area (Å²) in [4.78, 5) is 0. The fourth-order valence-electron chi connectivity index (χ4n) is 0.716. The Balaban J connectivity index is 3.22. The molecule has 0 aliphatic heterocycles. The molecule has 0 aliphatic carbocycles. The molecule has 0 unspecified atom stereocenters. The van der Waals surface area contributed by atoms with Crippen molar-refractivity contribution in [3.8, 4) is 0 Å². The summed E-state index contributed by atoms with van der Waals surface area (Å²) in [6.07, 6.45) is 1.29. The Morgan fingerprint density at radius 3 is 2.27 bits per heavy atom. The molecular weight excluding hydrogens is 247 g/mol. The Labute approximate surface area is 86.4 Å². The van der Waals surface area contributed by atoms with Crippen molar-refractivity contribution in [2.45, 2.75) is 38.7 Å². The van der Waals surface area contributed by atoms with Crippen molar-refractivity contribution >= 4 is 13.8 Å². The van der Waals surface area contributed by atoms with Crippen LogP contribution in [0.15, 0.2) is 0 Å². The summed E-state index contributed by atoms with van der Waals surface area (Å²) in [6, 6.07) is 1.44. The summed E-state index contributed by atoms with van der Waals surface area (Å²) in [7, 11) is -1.21. The maximum atomic E-state index is 5.74. The van der Waals surface area contributed by atoms with Gasteiger partial charge in [-0.2, -0.15) is 0 Å². The van der Waals surface area contributed by atoms with Crippen molar-refractivity contribution in [3.05, 3.63) is 0 Å². The average molecular weight is 266 g/mol. The van der Waals surface area contributed by atoms with Crippen LogP contribution in [0, 0.1) is 0 Å². The van der Waals surface area contributed by atoms with Gasteiger partial charge in [-0.25, -0.2) is 0 Å². The molecule has 0 N–H and O–H groups in total. The van der Waals surface area contributed by atoms with Gasteiger partial charge in [0.15, 0.2) is 0 Å². The molecule has 0 atom stereocenters. The van der Waals surface area contributed by atoms with E-state index in [-0.39, 0.29) is 5.43 Å². The molecule has 62 valence electrons. The van der Waals surface area contributed by atoms with Gasteiger partial charge >= 0.3 is 86.8 Å². The van der Waals surface area contributed by atoms with Crippen LogP contribution in [-0.2, 0) is 27.8 Å². The third-order valence-electron chi connectivity index (χ3n) is 1.23. The zero-order valence-electron chi connectivity index (χ0n) is 8.03.